The average Bonchev–Trinajstić information content (AvgIpc) is 2.44. The zero-order valence-corrected chi connectivity index (χ0v) is 12.9. The third-order valence-corrected chi connectivity index (χ3v) is 3.40. The van der Waals surface area contributed by atoms with Crippen molar-refractivity contribution in [1.82, 2.24) is 5.43 Å². The van der Waals surface area contributed by atoms with Gasteiger partial charge in [0.05, 0.1) is 17.7 Å². The Morgan fingerprint density at radius 2 is 1.90 bits per heavy atom. The van der Waals surface area contributed by atoms with Gasteiger partial charge in [0.2, 0.25) is 5.91 Å². The van der Waals surface area contributed by atoms with Crippen LogP contribution < -0.4 is 5.43 Å². The van der Waals surface area contributed by atoms with Gasteiger partial charge in [0.15, 0.2) is 0 Å². The molecule has 0 spiro atoms. The number of benzene rings is 2. The monoisotopic (exact) mass is 320 g/mol. The summed E-state index contributed by atoms with van der Waals surface area (Å²) in [5.41, 5.74) is 5.27. The van der Waals surface area contributed by atoms with Crippen LogP contribution in [-0.4, -0.2) is 12.1 Å². The van der Waals surface area contributed by atoms with Crippen LogP contribution in [0.5, 0.6) is 0 Å². The van der Waals surface area contributed by atoms with Gasteiger partial charge in [-0.15, -0.1) is 0 Å². The molecule has 0 bridgehead atoms. The highest BCUT2D eigenvalue weighted by Gasteiger charge is 2.02. The highest BCUT2D eigenvalue weighted by atomic mass is 35.5. The topological polar surface area (TPSA) is 41.5 Å². The number of carbonyl (C=O) groups excluding carboxylic acids is 1. The molecule has 0 saturated carbocycles. The molecule has 108 valence electrons. The van der Waals surface area contributed by atoms with Gasteiger partial charge in [-0.1, -0.05) is 59.1 Å². The smallest absolute Gasteiger partial charge is 0.244 e. The van der Waals surface area contributed by atoms with Crippen LogP contribution in [-0.2, 0) is 11.2 Å². The van der Waals surface area contributed by atoms with Crippen molar-refractivity contribution in [3.8, 4) is 0 Å². The van der Waals surface area contributed by atoms with Gasteiger partial charge in [0.25, 0.3) is 0 Å². The van der Waals surface area contributed by atoms with E-state index in [4.69, 9.17) is 23.2 Å². The molecular formula is C16H14Cl2N2O. The van der Waals surface area contributed by atoms with Gasteiger partial charge >= 0.3 is 0 Å². The van der Waals surface area contributed by atoms with Crippen molar-refractivity contribution in [2.24, 2.45) is 5.10 Å². The number of rotatable bonds is 4. The number of hydrogen-bond acceptors (Lipinski definition) is 2. The van der Waals surface area contributed by atoms with Crippen molar-refractivity contribution >= 4 is 35.3 Å². The quantitative estimate of drug-likeness (QED) is 0.671. The minimum Gasteiger partial charge on any atom is -0.273 e. The second-order valence-electron chi connectivity index (χ2n) is 4.62. The Morgan fingerprint density at radius 3 is 2.57 bits per heavy atom. The fourth-order valence-corrected chi connectivity index (χ4v) is 2.17. The zero-order valence-electron chi connectivity index (χ0n) is 11.4. The summed E-state index contributed by atoms with van der Waals surface area (Å²) in [6.45, 7) is 2.00. The van der Waals surface area contributed by atoms with E-state index in [1.165, 1.54) is 6.21 Å². The Bertz CT molecular complexity index is 666. The number of amides is 1. The average molecular weight is 321 g/mol. The van der Waals surface area contributed by atoms with Crippen LogP contribution in [0.15, 0.2) is 47.6 Å². The van der Waals surface area contributed by atoms with E-state index in [0.717, 1.165) is 11.1 Å². The van der Waals surface area contributed by atoms with Gasteiger partial charge in [-0.2, -0.15) is 5.10 Å². The normalized spacial score (nSPS) is 10.8. The second-order valence-corrected chi connectivity index (χ2v) is 5.47. The van der Waals surface area contributed by atoms with Crippen LogP contribution in [0.4, 0.5) is 0 Å². The van der Waals surface area contributed by atoms with E-state index in [9.17, 15) is 4.79 Å². The number of nitrogens with one attached hydrogen (secondary N) is 1. The summed E-state index contributed by atoms with van der Waals surface area (Å²) in [4.78, 5) is 11.7. The molecular weight excluding hydrogens is 307 g/mol. The molecule has 1 amide bonds. The van der Waals surface area contributed by atoms with Gasteiger partial charge in [-0.05, 0) is 24.6 Å². The van der Waals surface area contributed by atoms with Crippen molar-refractivity contribution in [3.63, 3.8) is 0 Å². The predicted octanol–water partition coefficient (Wildman–Crippen LogP) is 3.99. The van der Waals surface area contributed by atoms with Crippen LogP contribution in [0.3, 0.4) is 0 Å². The lowest BCUT2D eigenvalue weighted by Crippen LogP contribution is -2.19. The van der Waals surface area contributed by atoms with Crippen LogP contribution in [0.1, 0.15) is 16.7 Å². The third-order valence-electron chi connectivity index (χ3n) is 2.84. The molecule has 2 aromatic rings. The molecule has 0 unspecified atom stereocenters. The number of carbonyl (C=O) groups is 1. The molecule has 0 heterocycles. The molecule has 1 N–H and O–H groups in total. The van der Waals surface area contributed by atoms with Gasteiger partial charge in [0.1, 0.15) is 0 Å². The van der Waals surface area contributed by atoms with Crippen molar-refractivity contribution in [2.45, 2.75) is 13.3 Å². The van der Waals surface area contributed by atoms with Crippen LogP contribution in [0.25, 0.3) is 0 Å². The van der Waals surface area contributed by atoms with Gasteiger partial charge in [-0.3, -0.25) is 4.79 Å². The van der Waals surface area contributed by atoms with E-state index in [1.807, 2.05) is 31.2 Å². The number of halogens is 2. The number of nitrogens with zero attached hydrogens (tertiary/aromatic N) is 1. The lowest BCUT2D eigenvalue weighted by atomic mass is 10.1. The summed E-state index contributed by atoms with van der Waals surface area (Å²) in [5, 5.41) is 4.93. The molecule has 0 aliphatic rings. The van der Waals surface area contributed by atoms with Gasteiger partial charge in [-0.25, -0.2) is 5.43 Å². The lowest BCUT2D eigenvalue weighted by Gasteiger charge is -2.02. The van der Waals surface area contributed by atoms with E-state index >= 15 is 0 Å². The Kier molecular flexibility index (Phi) is 5.37. The van der Waals surface area contributed by atoms with Crippen LogP contribution in [0.2, 0.25) is 10.0 Å². The first-order chi connectivity index (χ1) is 10.0. The highest BCUT2D eigenvalue weighted by Crippen LogP contribution is 2.19. The largest absolute Gasteiger partial charge is 0.273 e. The first kappa shape index (κ1) is 15.5. The standard InChI is InChI=1S/C16H14Cl2N2O/c1-11-2-4-12(5-3-11)8-16(21)20-19-10-13-6-7-14(17)9-15(13)18/h2-7,9-10H,8H2,1H3,(H,20,21)/b19-10-. The second kappa shape index (κ2) is 7.25. The summed E-state index contributed by atoms with van der Waals surface area (Å²) in [7, 11) is 0. The summed E-state index contributed by atoms with van der Waals surface area (Å²) in [5.74, 6) is -0.180. The Balaban J connectivity index is 1.91. The van der Waals surface area contributed by atoms with Crippen molar-refractivity contribution in [3.05, 3.63) is 69.2 Å². The maximum atomic E-state index is 11.7. The highest BCUT2D eigenvalue weighted by molar-refractivity contribution is 6.36. The number of hydrogen-bond donors (Lipinski definition) is 1. The first-order valence-corrected chi connectivity index (χ1v) is 7.13. The first-order valence-electron chi connectivity index (χ1n) is 6.37. The number of hydrazone groups is 1. The summed E-state index contributed by atoms with van der Waals surface area (Å²) >= 11 is 11.8. The van der Waals surface area contributed by atoms with E-state index in [0.29, 0.717) is 15.6 Å². The predicted molar refractivity (Wildman–Crippen MR) is 87.1 cm³/mol. The summed E-state index contributed by atoms with van der Waals surface area (Å²) in [6.07, 6.45) is 1.78. The Morgan fingerprint density at radius 1 is 1.19 bits per heavy atom. The molecule has 5 heteroatoms. The lowest BCUT2D eigenvalue weighted by molar-refractivity contribution is -0.120. The molecule has 2 rings (SSSR count). The molecule has 3 nitrogen and oxygen atoms in total. The molecule has 0 aliphatic heterocycles. The maximum absolute atomic E-state index is 11.7. The summed E-state index contributed by atoms with van der Waals surface area (Å²) < 4.78 is 0. The third kappa shape index (κ3) is 4.88. The fraction of sp³-hybridized carbons (Fsp3) is 0.125. The van der Waals surface area contributed by atoms with Gasteiger partial charge < -0.3 is 0 Å². The molecule has 0 aliphatic carbocycles. The minimum atomic E-state index is -0.180. The zero-order chi connectivity index (χ0) is 15.2. The molecule has 2 aromatic carbocycles. The molecule has 0 fully saturated rings. The van der Waals surface area contributed by atoms with Crippen LogP contribution in [0, 0.1) is 6.92 Å². The van der Waals surface area contributed by atoms with Crippen LogP contribution >= 0.6 is 23.2 Å². The SMILES string of the molecule is Cc1ccc(CC(=O)N/N=C\c2ccc(Cl)cc2Cl)cc1. The van der Waals surface area contributed by atoms with E-state index in [-0.39, 0.29) is 12.3 Å². The van der Waals surface area contributed by atoms with Gasteiger partial charge in [0, 0.05) is 10.6 Å². The van der Waals surface area contributed by atoms with Crippen molar-refractivity contribution in [1.29, 1.82) is 0 Å². The molecule has 21 heavy (non-hydrogen) atoms. The van der Waals surface area contributed by atoms with E-state index in [1.54, 1.807) is 18.2 Å². The fourth-order valence-electron chi connectivity index (χ4n) is 1.71. The Labute approximate surface area is 133 Å². The Hall–Kier alpha value is -1.84. The molecule has 0 atom stereocenters. The van der Waals surface area contributed by atoms with E-state index in [2.05, 4.69) is 10.5 Å². The molecule has 0 saturated heterocycles. The molecule has 0 radical (unpaired) electrons. The summed E-state index contributed by atoms with van der Waals surface area (Å²) in [6, 6.07) is 12.9. The van der Waals surface area contributed by atoms with Crippen molar-refractivity contribution in [2.75, 3.05) is 0 Å². The maximum Gasteiger partial charge on any atom is 0.244 e. The molecule has 0 aromatic heterocycles. The minimum absolute atomic E-state index is 0.180. The van der Waals surface area contributed by atoms with Crippen molar-refractivity contribution < 1.29 is 4.79 Å². The van der Waals surface area contributed by atoms with E-state index < -0.39 is 0 Å². The number of aryl methyl sites for hydroxylation is 1.